The Hall–Kier alpha value is -1.84. The number of rotatable bonds is 3. The molecule has 0 fully saturated rings. The Morgan fingerprint density at radius 1 is 1.19 bits per heavy atom. The summed E-state index contributed by atoms with van der Waals surface area (Å²) < 4.78 is 12.1. The lowest BCUT2D eigenvalue weighted by molar-refractivity contribution is 0.0989. The molecule has 1 heterocycles. The molecule has 0 atom stereocenters. The van der Waals surface area contributed by atoms with Gasteiger partial charge in [0.2, 0.25) is 5.78 Å². The van der Waals surface area contributed by atoms with Gasteiger partial charge in [-0.05, 0) is 36.6 Å². The second-order valence-corrected chi connectivity index (χ2v) is 3.55. The Bertz CT molecular complexity index is 480. The van der Waals surface area contributed by atoms with Gasteiger partial charge in [0.25, 0.3) is 0 Å². The fourth-order valence-corrected chi connectivity index (χ4v) is 1.74. The zero-order valence-corrected chi connectivity index (χ0v) is 8.57. The maximum Gasteiger partial charge on any atom is 0.205 e. The van der Waals surface area contributed by atoms with Gasteiger partial charge in [-0.15, -0.1) is 0 Å². The summed E-state index contributed by atoms with van der Waals surface area (Å²) in [6, 6.07) is 1.67. The third-order valence-electron chi connectivity index (χ3n) is 2.48. The van der Waals surface area contributed by atoms with Crippen molar-refractivity contribution < 1.29 is 14.0 Å². The fourth-order valence-electron chi connectivity index (χ4n) is 1.74. The minimum atomic E-state index is -0.435. The molecule has 0 N–H and O–H groups in total. The maximum atomic E-state index is 12.1. The van der Waals surface area contributed by atoms with E-state index in [0.29, 0.717) is 24.0 Å². The third kappa shape index (κ3) is 1.78. The molecule has 0 saturated carbocycles. The van der Waals surface area contributed by atoms with Crippen molar-refractivity contribution in [3.05, 3.63) is 41.2 Å². The molecule has 16 heavy (non-hydrogen) atoms. The first-order valence-electron chi connectivity index (χ1n) is 5.04. The van der Waals surface area contributed by atoms with E-state index in [1.54, 1.807) is 6.07 Å². The van der Waals surface area contributed by atoms with Crippen LogP contribution in [0.2, 0.25) is 0 Å². The van der Waals surface area contributed by atoms with Crippen LogP contribution in [0.4, 0.5) is 4.39 Å². The smallest absolute Gasteiger partial charge is 0.205 e. The quantitative estimate of drug-likeness (QED) is 0.778. The van der Waals surface area contributed by atoms with Gasteiger partial charge in [0.15, 0.2) is 5.78 Å². The number of alkyl halides is 1. The summed E-state index contributed by atoms with van der Waals surface area (Å²) in [6.45, 7) is -0.435. The number of halogens is 1. The van der Waals surface area contributed by atoms with Crippen LogP contribution in [-0.2, 0) is 6.42 Å². The number of nitrogens with zero attached hydrogens (tertiary/aromatic N) is 1. The van der Waals surface area contributed by atoms with Crippen LogP contribution in [0.25, 0.3) is 0 Å². The van der Waals surface area contributed by atoms with Crippen molar-refractivity contribution in [1.82, 2.24) is 4.98 Å². The van der Waals surface area contributed by atoms with Crippen LogP contribution in [0.3, 0.4) is 0 Å². The summed E-state index contributed by atoms with van der Waals surface area (Å²) in [5, 5.41) is 0. The molecule has 2 rings (SSSR count). The molecule has 0 unspecified atom stereocenters. The Morgan fingerprint density at radius 2 is 1.94 bits per heavy atom. The van der Waals surface area contributed by atoms with Crippen molar-refractivity contribution in [2.45, 2.75) is 12.8 Å². The highest BCUT2D eigenvalue weighted by Gasteiger charge is 2.22. The number of aromatic nitrogens is 1. The number of carbonyl (C=O) groups excluding carboxylic acids is 2. The largest absolute Gasteiger partial charge is 0.289 e. The Balaban J connectivity index is 2.47. The summed E-state index contributed by atoms with van der Waals surface area (Å²) in [7, 11) is 0. The first-order chi connectivity index (χ1) is 7.74. The van der Waals surface area contributed by atoms with Crippen molar-refractivity contribution in [2.24, 2.45) is 0 Å². The standard InChI is InChI=1S/C12H10FNO2/c13-6-1-2-8-5-7-14-12-10(16)4-3-9(15)11(8)12/h3-5,7H,1-2,6H2/i13-1. The van der Waals surface area contributed by atoms with Crippen molar-refractivity contribution in [1.29, 1.82) is 0 Å². The minimum Gasteiger partial charge on any atom is -0.289 e. The summed E-state index contributed by atoms with van der Waals surface area (Å²) in [6.07, 6.45) is 4.74. The molecule has 4 heteroatoms. The molecule has 1 aliphatic carbocycles. The van der Waals surface area contributed by atoms with Gasteiger partial charge >= 0.3 is 0 Å². The monoisotopic (exact) mass is 218 g/mol. The van der Waals surface area contributed by atoms with E-state index in [1.807, 2.05) is 0 Å². The molecule has 0 saturated heterocycles. The second kappa shape index (κ2) is 4.35. The molecule has 0 radical (unpaired) electrons. The highest BCUT2D eigenvalue weighted by atomic mass is 18.2. The van der Waals surface area contributed by atoms with Gasteiger partial charge in [-0.1, -0.05) is 0 Å². The predicted molar refractivity (Wildman–Crippen MR) is 56.3 cm³/mol. The van der Waals surface area contributed by atoms with E-state index in [4.69, 9.17) is 0 Å². The molecule has 1 aromatic rings. The average molecular weight is 218 g/mol. The van der Waals surface area contributed by atoms with E-state index in [1.165, 1.54) is 18.3 Å². The topological polar surface area (TPSA) is 47.0 Å². The lowest BCUT2D eigenvalue weighted by Crippen LogP contribution is -2.16. The summed E-state index contributed by atoms with van der Waals surface area (Å²) in [4.78, 5) is 27.0. The zero-order chi connectivity index (χ0) is 11.5. The summed E-state index contributed by atoms with van der Waals surface area (Å²) in [5.74, 6) is -0.492. The summed E-state index contributed by atoms with van der Waals surface area (Å²) >= 11 is 0. The van der Waals surface area contributed by atoms with Gasteiger partial charge in [-0.3, -0.25) is 19.0 Å². The van der Waals surface area contributed by atoms with Crippen LogP contribution in [0, 0.1) is 0 Å². The van der Waals surface area contributed by atoms with Crippen LogP contribution in [0.15, 0.2) is 24.4 Å². The van der Waals surface area contributed by atoms with E-state index >= 15 is 0 Å². The molecule has 0 aromatic carbocycles. The normalized spacial score (nSPS) is 14.1. The number of allylic oxidation sites excluding steroid dienone is 2. The number of hydrogen-bond donors (Lipinski definition) is 0. The minimum absolute atomic E-state index is 0.184. The molecule has 1 aromatic heterocycles. The number of hydrogen-bond acceptors (Lipinski definition) is 3. The van der Waals surface area contributed by atoms with Crippen LogP contribution >= 0.6 is 0 Å². The van der Waals surface area contributed by atoms with Crippen molar-refractivity contribution in [3.63, 3.8) is 0 Å². The number of fused-ring (bicyclic) bond motifs is 1. The number of carbonyl (C=O) groups is 2. The predicted octanol–water partition coefficient (Wildman–Crippen LogP) is 1.92. The van der Waals surface area contributed by atoms with Gasteiger partial charge in [0.05, 0.1) is 12.2 Å². The van der Waals surface area contributed by atoms with Crippen LogP contribution < -0.4 is 0 Å². The van der Waals surface area contributed by atoms with E-state index in [2.05, 4.69) is 4.98 Å². The lowest BCUT2D eigenvalue weighted by atomic mass is 9.93. The number of aryl methyl sites for hydroxylation is 1. The van der Waals surface area contributed by atoms with Crippen molar-refractivity contribution >= 4 is 11.6 Å². The molecule has 82 valence electrons. The molecular formula is C12H10FNO2. The fraction of sp³-hybridized carbons (Fsp3) is 0.250. The van der Waals surface area contributed by atoms with Gasteiger partial charge < -0.3 is 0 Å². The Labute approximate surface area is 92.0 Å². The van der Waals surface area contributed by atoms with E-state index in [9.17, 15) is 14.0 Å². The average Bonchev–Trinajstić information content (AvgIpc) is 2.31. The van der Waals surface area contributed by atoms with Crippen molar-refractivity contribution in [2.75, 3.05) is 6.67 Å². The number of pyridine rings is 1. The van der Waals surface area contributed by atoms with E-state index < -0.39 is 6.67 Å². The third-order valence-corrected chi connectivity index (χ3v) is 2.48. The van der Waals surface area contributed by atoms with Gasteiger partial charge in [0, 0.05) is 6.20 Å². The molecule has 0 bridgehead atoms. The van der Waals surface area contributed by atoms with Gasteiger partial charge in [0.1, 0.15) is 5.69 Å². The molecule has 0 aliphatic heterocycles. The maximum absolute atomic E-state index is 12.1. The number of ketones is 2. The molecule has 0 amide bonds. The Kier molecular flexibility index (Phi) is 2.90. The zero-order valence-electron chi connectivity index (χ0n) is 8.57. The van der Waals surface area contributed by atoms with Crippen LogP contribution in [-0.4, -0.2) is 23.2 Å². The molecule has 0 spiro atoms. The van der Waals surface area contributed by atoms with Gasteiger partial charge in [-0.25, -0.2) is 0 Å². The van der Waals surface area contributed by atoms with E-state index in [-0.39, 0.29) is 17.3 Å². The van der Waals surface area contributed by atoms with E-state index in [0.717, 1.165) is 0 Å². The van der Waals surface area contributed by atoms with Crippen molar-refractivity contribution in [3.8, 4) is 0 Å². The Morgan fingerprint density at radius 3 is 2.69 bits per heavy atom. The second-order valence-electron chi connectivity index (χ2n) is 3.55. The lowest BCUT2D eigenvalue weighted by Gasteiger charge is -2.12. The van der Waals surface area contributed by atoms with Crippen LogP contribution in [0.5, 0.6) is 0 Å². The van der Waals surface area contributed by atoms with Crippen LogP contribution in [0.1, 0.15) is 32.8 Å². The first-order valence-corrected chi connectivity index (χ1v) is 5.04. The first kappa shape index (κ1) is 10.7. The molecular weight excluding hydrogens is 208 g/mol. The molecule has 3 nitrogen and oxygen atoms in total. The highest BCUT2D eigenvalue weighted by molar-refractivity contribution is 6.21. The van der Waals surface area contributed by atoms with Gasteiger partial charge in [-0.2, -0.15) is 0 Å². The molecule has 1 aliphatic rings. The SMILES string of the molecule is O=C1C=CC(=O)c2c(CCC[18F])ccnc21. The highest BCUT2D eigenvalue weighted by Crippen LogP contribution is 2.20. The summed E-state index contributed by atoms with van der Waals surface area (Å²) in [5.41, 5.74) is 1.22.